The zero-order valence-electron chi connectivity index (χ0n) is 16.0. The summed E-state index contributed by atoms with van der Waals surface area (Å²) < 4.78 is 27.8. The minimum Gasteiger partial charge on any atom is -0.312 e. The molecule has 0 atom stereocenters. The Balaban J connectivity index is 1.44. The van der Waals surface area contributed by atoms with Gasteiger partial charge in [0, 0.05) is 51.9 Å². The molecule has 0 saturated carbocycles. The largest absolute Gasteiger partial charge is 0.312 e. The van der Waals surface area contributed by atoms with Crippen molar-refractivity contribution in [3.05, 3.63) is 59.7 Å². The second kappa shape index (κ2) is 7.66. The maximum atomic E-state index is 13.1. The van der Waals surface area contributed by atoms with Gasteiger partial charge in [-0.2, -0.15) is 4.31 Å². The molecule has 1 saturated heterocycles. The topological polar surface area (TPSA) is 60.9 Å². The van der Waals surface area contributed by atoms with Crippen LogP contribution in [0.15, 0.2) is 53.4 Å². The Morgan fingerprint density at radius 3 is 2.36 bits per heavy atom. The Kier molecular flexibility index (Phi) is 5.23. The van der Waals surface area contributed by atoms with Crippen LogP contribution in [-0.4, -0.2) is 56.3 Å². The smallest absolute Gasteiger partial charge is 0.243 e. The van der Waals surface area contributed by atoms with E-state index in [-0.39, 0.29) is 5.91 Å². The zero-order chi connectivity index (χ0) is 19.7. The number of amides is 1. The maximum Gasteiger partial charge on any atom is 0.243 e. The molecule has 0 aromatic heterocycles. The summed E-state index contributed by atoms with van der Waals surface area (Å²) in [6.45, 7) is 5.42. The van der Waals surface area contributed by atoms with E-state index in [0.29, 0.717) is 31.0 Å². The van der Waals surface area contributed by atoms with Crippen molar-refractivity contribution in [2.75, 3.05) is 37.6 Å². The highest BCUT2D eigenvalue weighted by Crippen LogP contribution is 2.31. The molecule has 7 heteroatoms. The monoisotopic (exact) mass is 399 g/mol. The van der Waals surface area contributed by atoms with E-state index in [4.69, 9.17) is 0 Å². The van der Waals surface area contributed by atoms with E-state index in [1.54, 1.807) is 27.4 Å². The van der Waals surface area contributed by atoms with Crippen LogP contribution in [0.3, 0.4) is 0 Å². The summed E-state index contributed by atoms with van der Waals surface area (Å²) >= 11 is 0. The highest BCUT2D eigenvalue weighted by atomic mass is 32.2. The lowest BCUT2D eigenvalue weighted by atomic mass is 10.2. The van der Waals surface area contributed by atoms with Gasteiger partial charge in [0.2, 0.25) is 15.9 Å². The number of carbonyl (C=O) groups excluding carboxylic acids is 1. The summed E-state index contributed by atoms with van der Waals surface area (Å²) in [5.41, 5.74) is 3.01. The van der Waals surface area contributed by atoms with Crippen LogP contribution >= 0.6 is 0 Å². The molecule has 2 aliphatic heterocycles. The molecule has 0 N–H and O–H groups in total. The molecule has 4 rings (SSSR count). The first-order valence-electron chi connectivity index (χ1n) is 9.62. The van der Waals surface area contributed by atoms with Crippen LogP contribution in [0.4, 0.5) is 5.69 Å². The third-order valence-electron chi connectivity index (χ3n) is 5.54. The fraction of sp³-hybridized carbons (Fsp3) is 0.381. The molecule has 2 aromatic carbocycles. The van der Waals surface area contributed by atoms with Gasteiger partial charge >= 0.3 is 0 Å². The van der Waals surface area contributed by atoms with Crippen LogP contribution in [-0.2, 0) is 27.8 Å². The number of rotatable bonds is 4. The molecule has 2 aliphatic rings. The molecule has 2 heterocycles. The van der Waals surface area contributed by atoms with E-state index >= 15 is 0 Å². The predicted molar refractivity (Wildman–Crippen MR) is 109 cm³/mol. The average Bonchev–Trinajstić information content (AvgIpc) is 3.13. The van der Waals surface area contributed by atoms with E-state index in [1.807, 2.05) is 18.2 Å². The number of hydrogen-bond acceptors (Lipinski definition) is 4. The van der Waals surface area contributed by atoms with Crippen LogP contribution < -0.4 is 4.90 Å². The van der Waals surface area contributed by atoms with Crippen molar-refractivity contribution < 1.29 is 13.2 Å². The summed E-state index contributed by atoms with van der Waals surface area (Å²) in [5, 5.41) is 0. The molecular formula is C21H25N3O3S. The summed E-state index contributed by atoms with van der Waals surface area (Å²) in [5.74, 6) is -0.0103. The number of fused-ring (bicyclic) bond motifs is 1. The van der Waals surface area contributed by atoms with E-state index in [2.05, 4.69) is 17.0 Å². The molecule has 0 aliphatic carbocycles. The molecule has 1 fully saturated rings. The number of benzene rings is 2. The van der Waals surface area contributed by atoms with Gasteiger partial charge in [0.1, 0.15) is 0 Å². The number of anilines is 1. The van der Waals surface area contributed by atoms with Gasteiger partial charge in [-0.3, -0.25) is 9.69 Å². The number of nitrogens with zero attached hydrogens (tertiary/aromatic N) is 3. The maximum absolute atomic E-state index is 13.1. The standard InChI is InChI=1S/C21H25N3O3S/c1-17(25)24-10-9-19-15-20(7-8-21(19)24)28(26,27)23-13-11-22(12-14-23)16-18-5-3-2-4-6-18/h2-8,15H,9-14,16H2,1H3. The highest BCUT2D eigenvalue weighted by Gasteiger charge is 2.30. The summed E-state index contributed by atoms with van der Waals surface area (Å²) in [6, 6.07) is 15.4. The molecule has 1 amide bonds. The van der Waals surface area contributed by atoms with Crippen LogP contribution in [0.1, 0.15) is 18.1 Å². The average molecular weight is 400 g/mol. The Morgan fingerprint density at radius 2 is 1.68 bits per heavy atom. The lowest BCUT2D eigenvalue weighted by molar-refractivity contribution is -0.116. The van der Waals surface area contributed by atoms with Crippen molar-refractivity contribution in [2.45, 2.75) is 24.8 Å². The fourth-order valence-corrected chi connectivity index (χ4v) is 5.46. The Morgan fingerprint density at radius 1 is 0.964 bits per heavy atom. The number of carbonyl (C=O) groups is 1. The molecule has 0 unspecified atom stereocenters. The van der Waals surface area contributed by atoms with Crippen LogP contribution in [0.5, 0.6) is 0 Å². The molecule has 0 spiro atoms. The second-order valence-electron chi connectivity index (χ2n) is 7.38. The number of sulfonamides is 1. The molecule has 0 bridgehead atoms. The fourth-order valence-electron chi connectivity index (χ4n) is 3.98. The van der Waals surface area contributed by atoms with E-state index < -0.39 is 10.0 Å². The number of hydrogen-bond donors (Lipinski definition) is 0. The summed E-state index contributed by atoms with van der Waals surface area (Å²) in [7, 11) is -3.51. The minimum atomic E-state index is -3.51. The van der Waals surface area contributed by atoms with Crippen LogP contribution in [0, 0.1) is 0 Å². The Hall–Kier alpha value is -2.22. The lowest BCUT2D eigenvalue weighted by Crippen LogP contribution is -2.48. The van der Waals surface area contributed by atoms with Crippen molar-refractivity contribution in [1.82, 2.24) is 9.21 Å². The Bertz CT molecular complexity index is 968. The van der Waals surface area contributed by atoms with Gasteiger partial charge in [0.25, 0.3) is 0 Å². The molecule has 6 nitrogen and oxygen atoms in total. The molecule has 28 heavy (non-hydrogen) atoms. The first-order valence-corrected chi connectivity index (χ1v) is 11.1. The normalized spacial score (nSPS) is 18.2. The van der Waals surface area contributed by atoms with Crippen LogP contribution in [0.2, 0.25) is 0 Å². The third-order valence-corrected chi connectivity index (χ3v) is 7.44. The van der Waals surface area contributed by atoms with Gasteiger partial charge in [-0.15, -0.1) is 0 Å². The van der Waals surface area contributed by atoms with Crippen molar-refractivity contribution in [1.29, 1.82) is 0 Å². The predicted octanol–water partition coefficient (Wildman–Crippen LogP) is 2.10. The SMILES string of the molecule is CC(=O)N1CCc2cc(S(=O)(=O)N3CCN(Cc4ccccc4)CC3)ccc21. The molecule has 2 aromatic rings. The van der Waals surface area contributed by atoms with Crippen molar-refractivity contribution >= 4 is 21.6 Å². The molecular weight excluding hydrogens is 374 g/mol. The van der Waals surface area contributed by atoms with E-state index in [9.17, 15) is 13.2 Å². The first-order chi connectivity index (χ1) is 13.4. The van der Waals surface area contributed by atoms with Crippen molar-refractivity contribution in [3.63, 3.8) is 0 Å². The molecule has 148 valence electrons. The lowest BCUT2D eigenvalue weighted by Gasteiger charge is -2.34. The minimum absolute atomic E-state index is 0.0103. The van der Waals surface area contributed by atoms with E-state index in [1.165, 1.54) is 12.5 Å². The summed E-state index contributed by atoms with van der Waals surface area (Å²) in [4.78, 5) is 16.0. The molecule has 0 radical (unpaired) electrons. The first kappa shape index (κ1) is 19.1. The van der Waals surface area contributed by atoms with Crippen molar-refractivity contribution in [3.8, 4) is 0 Å². The van der Waals surface area contributed by atoms with Gasteiger partial charge in [-0.25, -0.2) is 8.42 Å². The second-order valence-corrected chi connectivity index (χ2v) is 9.31. The number of piperazine rings is 1. The highest BCUT2D eigenvalue weighted by molar-refractivity contribution is 7.89. The van der Waals surface area contributed by atoms with Crippen molar-refractivity contribution in [2.24, 2.45) is 0 Å². The van der Waals surface area contributed by atoms with Gasteiger partial charge < -0.3 is 4.90 Å². The van der Waals surface area contributed by atoms with Gasteiger partial charge in [0.05, 0.1) is 4.90 Å². The summed E-state index contributed by atoms with van der Waals surface area (Å²) in [6.07, 6.45) is 0.698. The van der Waals surface area contributed by atoms with Gasteiger partial charge in [-0.05, 0) is 35.7 Å². The van der Waals surface area contributed by atoms with Gasteiger partial charge in [-0.1, -0.05) is 30.3 Å². The Labute approximate surface area is 166 Å². The zero-order valence-corrected chi connectivity index (χ0v) is 16.9. The van der Waals surface area contributed by atoms with Gasteiger partial charge in [0.15, 0.2) is 0 Å². The quantitative estimate of drug-likeness (QED) is 0.790. The van der Waals surface area contributed by atoms with E-state index in [0.717, 1.165) is 30.9 Å². The van der Waals surface area contributed by atoms with Crippen LogP contribution in [0.25, 0.3) is 0 Å². The third kappa shape index (κ3) is 3.70.